The Hall–Kier alpha value is -1.58. The summed E-state index contributed by atoms with van der Waals surface area (Å²) in [6.07, 6.45) is 7.96. The molecule has 0 aliphatic carbocycles. The number of carbonyl (C=O) groups is 1. The lowest BCUT2D eigenvalue weighted by Crippen LogP contribution is -2.27. The van der Waals surface area contributed by atoms with Crippen LogP contribution in [0, 0.1) is 0 Å². The highest BCUT2D eigenvalue weighted by Crippen LogP contribution is 2.17. The topological polar surface area (TPSA) is 46.9 Å². The van der Waals surface area contributed by atoms with E-state index >= 15 is 0 Å². The van der Waals surface area contributed by atoms with E-state index in [9.17, 15) is 4.79 Å². The monoisotopic (exact) mass is 235 g/mol. The normalized spacial score (nSPS) is 12.1. The summed E-state index contributed by atoms with van der Waals surface area (Å²) in [5.41, 5.74) is 0.966. The Balaban J connectivity index is 2.49. The average molecular weight is 235 g/mol. The van der Waals surface area contributed by atoms with Crippen molar-refractivity contribution in [1.29, 1.82) is 0 Å². The Morgan fingerprint density at radius 3 is 2.88 bits per heavy atom. The molecule has 1 aromatic heterocycles. The maximum Gasteiger partial charge on any atom is 0.222 e. The molecule has 0 saturated carbocycles. The highest BCUT2D eigenvalue weighted by atomic mass is 16.1. The lowest BCUT2D eigenvalue weighted by molar-refractivity contribution is -0.121. The van der Waals surface area contributed by atoms with E-state index in [1.54, 1.807) is 12.5 Å². The maximum absolute atomic E-state index is 11.7. The first-order valence-corrected chi connectivity index (χ1v) is 6.02. The van der Waals surface area contributed by atoms with E-state index in [-0.39, 0.29) is 11.9 Å². The number of carbonyl (C=O) groups excluding carboxylic acids is 1. The van der Waals surface area contributed by atoms with Gasteiger partial charge in [-0.05, 0) is 13.3 Å². The number of aromatic nitrogens is 2. The Morgan fingerprint density at radius 2 is 2.35 bits per heavy atom. The van der Waals surface area contributed by atoms with Crippen molar-refractivity contribution in [3.05, 3.63) is 30.9 Å². The fourth-order valence-electron chi connectivity index (χ4n) is 1.71. The highest BCUT2D eigenvalue weighted by molar-refractivity contribution is 5.76. The quantitative estimate of drug-likeness (QED) is 0.737. The van der Waals surface area contributed by atoms with Gasteiger partial charge >= 0.3 is 0 Å². The lowest BCUT2D eigenvalue weighted by Gasteiger charge is -2.17. The van der Waals surface area contributed by atoms with E-state index < -0.39 is 0 Å². The van der Waals surface area contributed by atoms with Crippen molar-refractivity contribution in [3.8, 4) is 0 Å². The van der Waals surface area contributed by atoms with Crippen molar-refractivity contribution >= 4 is 5.91 Å². The number of imidazole rings is 1. The molecule has 1 amide bonds. The molecule has 1 unspecified atom stereocenters. The molecule has 1 atom stereocenters. The molecule has 1 N–H and O–H groups in total. The van der Waals surface area contributed by atoms with Gasteiger partial charge in [-0.25, -0.2) is 4.98 Å². The standard InChI is InChI=1S/C13H21N3O/c1-4-5-12(16-7-6-14-10-16)8-13(17)15-9-11(2)3/h6-7,10,12H,2,4-5,8-9H2,1,3H3,(H,15,17). The van der Waals surface area contributed by atoms with Crippen LogP contribution >= 0.6 is 0 Å². The predicted molar refractivity (Wildman–Crippen MR) is 68.6 cm³/mol. The molecule has 1 heterocycles. The van der Waals surface area contributed by atoms with Crippen molar-refractivity contribution in [2.45, 2.75) is 39.2 Å². The number of hydrogen-bond acceptors (Lipinski definition) is 2. The zero-order valence-corrected chi connectivity index (χ0v) is 10.6. The summed E-state index contributed by atoms with van der Waals surface area (Å²) >= 11 is 0. The van der Waals surface area contributed by atoms with Crippen molar-refractivity contribution in [1.82, 2.24) is 14.9 Å². The smallest absolute Gasteiger partial charge is 0.222 e. The van der Waals surface area contributed by atoms with E-state index in [1.807, 2.05) is 17.7 Å². The SMILES string of the molecule is C=C(C)CNC(=O)CC(CCC)n1ccnc1. The third kappa shape index (κ3) is 4.85. The van der Waals surface area contributed by atoms with Crippen LogP contribution in [-0.2, 0) is 4.79 Å². The van der Waals surface area contributed by atoms with Crippen LogP contribution < -0.4 is 5.32 Å². The van der Waals surface area contributed by atoms with Gasteiger partial charge in [0.25, 0.3) is 0 Å². The van der Waals surface area contributed by atoms with Crippen molar-refractivity contribution in [2.24, 2.45) is 0 Å². The predicted octanol–water partition coefficient (Wildman–Crippen LogP) is 2.31. The largest absolute Gasteiger partial charge is 0.352 e. The molecule has 1 rings (SSSR count). The summed E-state index contributed by atoms with van der Waals surface area (Å²) in [6.45, 7) is 8.34. The van der Waals surface area contributed by atoms with Crippen LogP contribution in [0.2, 0.25) is 0 Å². The summed E-state index contributed by atoms with van der Waals surface area (Å²) in [6, 6.07) is 0.202. The van der Waals surface area contributed by atoms with E-state index in [2.05, 4.69) is 23.8 Å². The van der Waals surface area contributed by atoms with Gasteiger partial charge in [0.1, 0.15) is 0 Å². The second-order valence-electron chi connectivity index (χ2n) is 4.39. The first-order valence-electron chi connectivity index (χ1n) is 6.02. The van der Waals surface area contributed by atoms with E-state index in [0.717, 1.165) is 18.4 Å². The van der Waals surface area contributed by atoms with Gasteiger partial charge in [0, 0.05) is 31.4 Å². The van der Waals surface area contributed by atoms with Crippen LogP contribution in [-0.4, -0.2) is 22.0 Å². The number of hydrogen-bond donors (Lipinski definition) is 1. The number of rotatable bonds is 7. The molecule has 0 aliphatic rings. The summed E-state index contributed by atoms with van der Waals surface area (Å²) < 4.78 is 2.00. The van der Waals surface area contributed by atoms with Gasteiger partial charge in [0.05, 0.1) is 6.33 Å². The third-order valence-electron chi connectivity index (χ3n) is 2.58. The van der Waals surface area contributed by atoms with Gasteiger partial charge in [0.2, 0.25) is 5.91 Å². The molecule has 0 fully saturated rings. The van der Waals surface area contributed by atoms with Gasteiger partial charge in [-0.15, -0.1) is 0 Å². The van der Waals surface area contributed by atoms with Gasteiger partial charge < -0.3 is 9.88 Å². The molecule has 0 aliphatic heterocycles. The first kappa shape index (κ1) is 13.5. The summed E-state index contributed by atoms with van der Waals surface area (Å²) in [7, 11) is 0. The Bertz CT molecular complexity index is 357. The summed E-state index contributed by atoms with van der Waals surface area (Å²) in [4.78, 5) is 15.8. The molecule has 94 valence electrons. The zero-order valence-electron chi connectivity index (χ0n) is 10.6. The van der Waals surface area contributed by atoms with E-state index in [4.69, 9.17) is 0 Å². The van der Waals surface area contributed by atoms with Gasteiger partial charge in [0.15, 0.2) is 0 Å². The zero-order chi connectivity index (χ0) is 12.7. The van der Waals surface area contributed by atoms with Crippen LogP contribution in [0.3, 0.4) is 0 Å². The van der Waals surface area contributed by atoms with Gasteiger partial charge in [-0.3, -0.25) is 4.79 Å². The van der Waals surface area contributed by atoms with E-state index in [0.29, 0.717) is 13.0 Å². The number of amides is 1. The molecular weight excluding hydrogens is 214 g/mol. The average Bonchev–Trinajstić information content (AvgIpc) is 2.79. The minimum absolute atomic E-state index is 0.0696. The van der Waals surface area contributed by atoms with Crippen LogP contribution in [0.25, 0.3) is 0 Å². The Labute approximate surface area is 103 Å². The molecule has 0 radical (unpaired) electrons. The first-order chi connectivity index (χ1) is 8.13. The minimum Gasteiger partial charge on any atom is -0.352 e. The highest BCUT2D eigenvalue weighted by Gasteiger charge is 2.14. The molecule has 4 heteroatoms. The Morgan fingerprint density at radius 1 is 1.59 bits per heavy atom. The molecule has 0 bridgehead atoms. The molecule has 0 aromatic carbocycles. The third-order valence-corrected chi connectivity index (χ3v) is 2.58. The number of nitrogens with one attached hydrogen (secondary N) is 1. The molecule has 1 aromatic rings. The molecule has 0 saturated heterocycles. The van der Waals surface area contributed by atoms with Crippen molar-refractivity contribution in [2.75, 3.05) is 6.54 Å². The van der Waals surface area contributed by atoms with Crippen LogP contribution in [0.5, 0.6) is 0 Å². The molecule has 4 nitrogen and oxygen atoms in total. The number of nitrogens with zero attached hydrogens (tertiary/aromatic N) is 2. The van der Waals surface area contributed by atoms with E-state index in [1.165, 1.54) is 0 Å². The minimum atomic E-state index is 0.0696. The summed E-state index contributed by atoms with van der Waals surface area (Å²) in [5, 5.41) is 2.86. The molecule has 0 spiro atoms. The van der Waals surface area contributed by atoms with Gasteiger partial charge in [-0.2, -0.15) is 0 Å². The van der Waals surface area contributed by atoms with Gasteiger partial charge in [-0.1, -0.05) is 25.5 Å². The van der Waals surface area contributed by atoms with Crippen LogP contribution in [0.4, 0.5) is 0 Å². The second-order valence-corrected chi connectivity index (χ2v) is 4.39. The molecular formula is C13H21N3O. The van der Waals surface area contributed by atoms with Crippen LogP contribution in [0.15, 0.2) is 30.9 Å². The summed E-state index contributed by atoms with van der Waals surface area (Å²) in [5.74, 6) is 0.0696. The maximum atomic E-state index is 11.7. The lowest BCUT2D eigenvalue weighted by atomic mass is 10.1. The Kier molecular flexibility index (Phi) is 5.46. The second kappa shape index (κ2) is 6.89. The molecule has 17 heavy (non-hydrogen) atoms. The van der Waals surface area contributed by atoms with Crippen molar-refractivity contribution in [3.63, 3.8) is 0 Å². The fourth-order valence-corrected chi connectivity index (χ4v) is 1.71. The van der Waals surface area contributed by atoms with Crippen molar-refractivity contribution < 1.29 is 4.79 Å². The fraction of sp³-hybridized carbons (Fsp3) is 0.538. The van der Waals surface area contributed by atoms with Crippen LogP contribution in [0.1, 0.15) is 39.2 Å².